The molecule has 0 spiro atoms. The van der Waals surface area contributed by atoms with Gasteiger partial charge in [0.1, 0.15) is 12.1 Å². The second-order valence-corrected chi connectivity index (χ2v) is 5.83. The molecule has 3 aromatic rings. The van der Waals surface area contributed by atoms with Gasteiger partial charge in [-0.3, -0.25) is 0 Å². The normalized spacial score (nSPS) is 10.5. The first-order valence-corrected chi connectivity index (χ1v) is 7.88. The van der Waals surface area contributed by atoms with Gasteiger partial charge in [0.05, 0.1) is 12.8 Å². The first-order valence-electron chi connectivity index (χ1n) is 7.88. The summed E-state index contributed by atoms with van der Waals surface area (Å²) in [4.78, 5) is 10.9. The fourth-order valence-corrected chi connectivity index (χ4v) is 2.62. The fourth-order valence-electron chi connectivity index (χ4n) is 2.62. The third-order valence-corrected chi connectivity index (χ3v) is 3.94. The molecule has 122 valence electrons. The molecule has 0 amide bonds. The zero-order chi connectivity index (χ0) is 16.9. The molecule has 0 N–H and O–H groups in total. The average molecular weight is 319 g/mol. The maximum atomic E-state index is 5.43. The van der Waals surface area contributed by atoms with E-state index in [1.807, 2.05) is 44.4 Å². The molecule has 0 atom stereocenters. The van der Waals surface area contributed by atoms with Crippen molar-refractivity contribution in [3.63, 3.8) is 0 Å². The van der Waals surface area contributed by atoms with Crippen LogP contribution in [0, 0.1) is 0 Å². The molecule has 1 aromatic heterocycles. The number of nitrogens with zero attached hydrogens (tertiary/aromatic N) is 3. The molecular formula is C20H21N3O. The topological polar surface area (TPSA) is 38.2 Å². The maximum Gasteiger partial charge on any atom is 0.128 e. The van der Waals surface area contributed by atoms with Gasteiger partial charge in [-0.1, -0.05) is 24.3 Å². The molecule has 0 radical (unpaired) electrons. The molecule has 0 unspecified atom stereocenters. The lowest BCUT2D eigenvalue weighted by atomic mass is 10.1. The summed E-state index contributed by atoms with van der Waals surface area (Å²) in [5, 5.41) is 0. The van der Waals surface area contributed by atoms with Gasteiger partial charge < -0.3 is 9.64 Å². The first kappa shape index (κ1) is 16.0. The lowest BCUT2D eigenvalue weighted by Gasteiger charge is -2.12. The first-order chi connectivity index (χ1) is 11.7. The van der Waals surface area contributed by atoms with Crippen molar-refractivity contribution in [2.45, 2.75) is 6.42 Å². The fraction of sp³-hybridized carbons (Fsp3) is 0.200. The Morgan fingerprint density at radius 3 is 2.42 bits per heavy atom. The molecule has 0 aliphatic carbocycles. The van der Waals surface area contributed by atoms with Crippen molar-refractivity contribution in [1.29, 1.82) is 0 Å². The minimum atomic E-state index is 0.776. The standard InChI is InChI=1S/C20H21N3O/c1-23(2)17-10-8-15(9-11-17)12-16-13-19(22-14-21-16)18-6-4-5-7-20(18)24-3/h4-11,13-14H,12H2,1-3H3. The van der Waals surface area contributed by atoms with Crippen LogP contribution in [0.4, 0.5) is 5.69 Å². The molecule has 24 heavy (non-hydrogen) atoms. The van der Waals surface area contributed by atoms with Crippen LogP contribution in [0.15, 0.2) is 60.9 Å². The molecule has 4 nitrogen and oxygen atoms in total. The van der Waals surface area contributed by atoms with Crippen LogP contribution in [0.3, 0.4) is 0 Å². The van der Waals surface area contributed by atoms with Crippen LogP contribution >= 0.6 is 0 Å². The summed E-state index contributed by atoms with van der Waals surface area (Å²) in [5.41, 5.74) is 5.26. The van der Waals surface area contributed by atoms with Crippen molar-refractivity contribution in [3.8, 4) is 17.0 Å². The van der Waals surface area contributed by atoms with Crippen LogP contribution < -0.4 is 9.64 Å². The molecule has 4 heteroatoms. The van der Waals surface area contributed by atoms with Crippen LogP contribution in [0.5, 0.6) is 5.75 Å². The summed E-state index contributed by atoms with van der Waals surface area (Å²) < 4.78 is 5.43. The van der Waals surface area contributed by atoms with E-state index in [1.165, 1.54) is 11.3 Å². The number of anilines is 1. The Balaban J connectivity index is 1.85. The largest absolute Gasteiger partial charge is 0.496 e. The van der Waals surface area contributed by atoms with Crippen LogP contribution in [-0.2, 0) is 6.42 Å². The van der Waals surface area contributed by atoms with E-state index < -0.39 is 0 Å². The van der Waals surface area contributed by atoms with Gasteiger partial charge in [0, 0.05) is 37.5 Å². The minimum Gasteiger partial charge on any atom is -0.496 e. The van der Waals surface area contributed by atoms with Crippen molar-refractivity contribution < 1.29 is 4.74 Å². The van der Waals surface area contributed by atoms with Crippen LogP contribution in [0.25, 0.3) is 11.3 Å². The van der Waals surface area contributed by atoms with Crippen LogP contribution in [0.1, 0.15) is 11.3 Å². The zero-order valence-corrected chi connectivity index (χ0v) is 14.2. The molecule has 1 heterocycles. The van der Waals surface area contributed by atoms with E-state index in [0.29, 0.717) is 0 Å². The molecule has 3 rings (SSSR count). The van der Waals surface area contributed by atoms with Crippen LogP contribution in [-0.4, -0.2) is 31.2 Å². The highest BCUT2D eigenvalue weighted by Gasteiger charge is 2.08. The Morgan fingerprint density at radius 2 is 1.71 bits per heavy atom. The number of ether oxygens (including phenoxy) is 1. The Labute approximate surface area is 142 Å². The van der Waals surface area contributed by atoms with Gasteiger partial charge in [-0.25, -0.2) is 9.97 Å². The van der Waals surface area contributed by atoms with Gasteiger partial charge in [0.15, 0.2) is 0 Å². The number of benzene rings is 2. The van der Waals surface area contributed by atoms with E-state index >= 15 is 0 Å². The molecule has 0 aliphatic rings. The number of methoxy groups -OCH3 is 1. The maximum absolute atomic E-state index is 5.43. The van der Waals surface area contributed by atoms with Gasteiger partial charge in [0.2, 0.25) is 0 Å². The zero-order valence-electron chi connectivity index (χ0n) is 14.2. The number of hydrogen-bond donors (Lipinski definition) is 0. The highest BCUT2D eigenvalue weighted by molar-refractivity contribution is 5.67. The predicted molar refractivity (Wildman–Crippen MR) is 97.6 cm³/mol. The van der Waals surface area contributed by atoms with E-state index in [-0.39, 0.29) is 0 Å². The van der Waals surface area contributed by atoms with Crippen molar-refractivity contribution >= 4 is 5.69 Å². The predicted octanol–water partition coefficient (Wildman–Crippen LogP) is 3.81. The Morgan fingerprint density at radius 1 is 0.958 bits per heavy atom. The number of para-hydroxylation sites is 1. The van der Waals surface area contributed by atoms with Gasteiger partial charge in [0.25, 0.3) is 0 Å². The number of rotatable bonds is 5. The summed E-state index contributed by atoms with van der Waals surface area (Å²) in [6.45, 7) is 0. The number of aromatic nitrogens is 2. The second kappa shape index (κ2) is 7.13. The molecule has 2 aromatic carbocycles. The quantitative estimate of drug-likeness (QED) is 0.717. The summed E-state index contributed by atoms with van der Waals surface area (Å²) in [6, 6.07) is 18.4. The highest BCUT2D eigenvalue weighted by Crippen LogP contribution is 2.28. The third-order valence-electron chi connectivity index (χ3n) is 3.94. The van der Waals surface area contributed by atoms with E-state index in [4.69, 9.17) is 4.74 Å². The Kier molecular flexibility index (Phi) is 4.75. The van der Waals surface area contributed by atoms with Gasteiger partial charge >= 0.3 is 0 Å². The molecule has 0 fully saturated rings. The Bertz CT molecular complexity index is 813. The molecule has 0 bridgehead atoms. The SMILES string of the molecule is COc1ccccc1-c1cc(Cc2ccc(N(C)C)cc2)ncn1. The van der Waals surface area contributed by atoms with E-state index in [0.717, 1.165) is 29.1 Å². The minimum absolute atomic E-state index is 0.776. The second-order valence-electron chi connectivity index (χ2n) is 5.83. The van der Waals surface area contributed by atoms with E-state index in [2.05, 4.69) is 39.1 Å². The number of hydrogen-bond acceptors (Lipinski definition) is 4. The summed E-state index contributed by atoms with van der Waals surface area (Å²) in [6.07, 6.45) is 2.39. The third kappa shape index (κ3) is 3.54. The molecular weight excluding hydrogens is 298 g/mol. The van der Waals surface area contributed by atoms with Crippen LogP contribution in [0.2, 0.25) is 0 Å². The van der Waals surface area contributed by atoms with Gasteiger partial charge in [-0.15, -0.1) is 0 Å². The highest BCUT2D eigenvalue weighted by atomic mass is 16.5. The molecule has 0 saturated carbocycles. The lowest BCUT2D eigenvalue weighted by molar-refractivity contribution is 0.416. The van der Waals surface area contributed by atoms with Crippen molar-refractivity contribution in [2.24, 2.45) is 0 Å². The van der Waals surface area contributed by atoms with Crippen molar-refractivity contribution in [2.75, 3.05) is 26.1 Å². The van der Waals surface area contributed by atoms with Gasteiger partial charge in [-0.05, 0) is 35.9 Å². The Hall–Kier alpha value is -2.88. The summed E-state index contributed by atoms with van der Waals surface area (Å²) >= 11 is 0. The average Bonchev–Trinajstić information content (AvgIpc) is 2.62. The van der Waals surface area contributed by atoms with E-state index in [9.17, 15) is 0 Å². The summed E-state index contributed by atoms with van der Waals surface area (Å²) in [7, 11) is 5.76. The smallest absolute Gasteiger partial charge is 0.128 e. The van der Waals surface area contributed by atoms with E-state index in [1.54, 1.807) is 13.4 Å². The van der Waals surface area contributed by atoms with Crippen molar-refractivity contribution in [1.82, 2.24) is 9.97 Å². The monoisotopic (exact) mass is 319 g/mol. The summed E-state index contributed by atoms with van der Waals surface area (Å²) in [5.74, 6) is 0.817. The molecule has 0 saturated heterocycles. The van der Waals surface area contributed by atoms with Gasteiger partial charge in [-0.2, -0.15) is 0 Å². The lowest BCUT2D eigenvalue weighted by Crippen LogP contribution is -2.08. The van der Waals surface area contributed by atoms with Crippen molar-refractivity contribution in [3.05, 3.63) is 72.2 Å². The molecule has 0 aliphatic heterocycles.